The number of aliphatic hydroxyl groups is 1. The van der Waals surface area contributed by atoms with Gasteiger partial charge in [0.05, 0.1) is 24.2 Å². The van der Waals surface area contributed by atoms with Crippen molar-refractivity contribution in [1.29, 1.82) is 0 Å². The highest BCUT2D eigenvalue weighted by molar-refractivity contribution is 7.89. The van der Waals surface area contributed by atoms with Gasteiger partial charge in [-0.25, -0.2) is 13.1 Å². The summed E-state index contributed by atoms with van der Waals surface area (Å²) in [5.41, 5.74) is 0.517. The zero-order valence-electron chi connectivity index (χ0n) is 12.4. The fraction of sp³-hybridized carbons (Fsp3) is 0.500. The Morgan fingerprint density at radius 3 is 2.48 bits per heavy atom. The molecule has 126 valence electrons. The van der Waals surface area contributed by atoms with Crippen LogP contribution in [0.2, 0.25) is 0 Å². The van der Waals surface area contributed by atoms with E-state index in [0.717, 1.165) is 0 Å². The minimum Gasteiger partial charge on any atom is -0.388 e. The smallest absolute Gasteiger partial charge is 0.240 e. The number of hydrogen-bond acceptors (Lipinski definition) is 6. The second kappa shape index (κ2) is 6.17. The fourth-order valence-corrected chi connectivity index (χ4v) is 4.00. The maximum absolute atomic E-state index is 12.4. The molecule has 1 aromatic carbocycles. The van der Waals surface area contributed by atoms with Gasteiger partial charge in [0.25, 0.3) is 0 Å². The predicted molar refractivity (Wildman–Crippen MR) is 80.3 cm³/mol. The lowest BCUT2D eigenvalue weighted by Crippen LogP contribution is -2.44. The van der Waals surface area contributed by atoms with Gasteiger partial charge in [-0.2, -0.15) is 0 Å². The Morgan fingerprint density at radius 2 is 1.83 bits per heavy atom. The maximum atomic E-state index is 12.4. The van der Waals surface area contributed by atoms with Crippen molar-refractivity contribution in [1.82, 2.24) is 4.72 Å². The Morgan fingerprint density at radius 1 is 1.17 bits per heavy atom. The summed E-state index contributed by atoms with van der Waals surface area (Å²) in [6.45, 7) is 1.66. The van der Waals surface area contributed by atoms with E-state index in [1.54, 1.807) is 0 Å². The van der Waals surface area contributed by atoms with Crippen LogP contribution in [0.3, 0.4) is 0 Å². The van der Waals surface area contributed by atoms with Gasteiger partial charge in [-0.05, 0) is 24.3 Å². The predicted octanol–water partition coefficient (Wildman–Crippen LogP) is -0.550. The molecule has 8 nitrogen and oxygen atoms in total. The Balaban J connectivity index is 1.71. The van der Waals surface area contributed by atoms with Crippen LogP contribution in [0.4, 0.5) is 5.69 Å². The average Bonchev–Trinajstić information content (AvgIpc) is 3.03. The van der Waals surface area contributed by atoms with Gasteiger partial charge in [-0.15, -0.1) is 0 Å². The van der Waals surface area contributed by atoms with Crippen LogP contribution in [0.25, 0.3) is 0 Å². The Kier molecular flexibility index (Phi) is 4.39. The number of hydrogen-bond donors (Lipinski definition) is 3. The number of aliphatic hydroxyl groups excluding tert-OH is 1. The van der Waals surface area contributed by atoms with Gasteiger partial charge < -0.3 is 19.9 Å². The monoisotopic (exact) mass is 342 g/mol. The number of ether oxygens (including phenoxy) is 2. The summed E-state index contributed by atoms with van der Waals surface area (Å²) in [7, 11) is -3.75. The van der Waals surface area contributed by atoms with Crippen LogP contribution >= 0.6 is 0 Å². The molecule has 0 radical (unpaired) electrons. The normalized spacial score (nSPS) is 30.2. The van der Waals surface area contributed by atoms with Gasteiger partial charge >= 0.3 is 0 Å². The van der Waals surface area contributed by atoms with Crippen molar-refractivity contribution in [3.63, 3.8) is 0 Å². The van der Waals surface area contributed by atoms with Crippen molar-refractivity contribution < 1.29 is 27.8 Å². The molecule has 0 spiro atoms. The molecule has 3 rings (SSSR count). The number of anilines is 1. The highest BCUT2D eigenvalue weighted by Crippen LogP contribution is 2.28. The van der Waals surface area contributed by atoms with E-state index in [4.69, 9.17) is 9.47 Å². The number of rotatable bonds is 4. The fourth-order valence-electron chi connectivity index (χ4n) is 2.77. The topological polar surface area (TPSA) is 114 Å². The summed E-state index contributed by atoms with van der Waals surface area (Å²) in [5.74, 6) is -0.232. The van der Waals surface area contributed by atoms with E-state index in [2.05, 4.69) is 10.0 Å². The molecule has 0 aromatic heterocycles. The van der Waals surface area contributed by atoms with Gasteiger partial charge in [0.2, 0.25) is 15.9 Å². The number of benzene rings is 1. The number of sulfonamides is 1. The minimum atomic E-state index is -3.75. The third-order valence-corrected chi connectivity index (χ3v) is 5.32. The number of nitrogens with one attached hydrogen (secondary N) is 2. The van der Waals surface area contributed by atoms with E-state index in [1.807, 2.05) is 0 Å². The van der Waals surface area contributed by atoms with E-state index < -0.39 is 34.4 Å². The summed E-state index contributed by atoms with van der Waals surface area (Å²) in [5, 5.41) is 12.2. The summed E-state index contributed by atoms with van der Waals surface area (Å²) < 4.78 is 38.2. The van der Waals surface area contributed by atoms with Gasteiger partial charge in [0, 0.05) is 12.6 Å². The largest absolute Gasteiger partial charge is 0.388 e. The summed E-state index contributed by atoms with van der Waals surface area (Å²) in [6, 6.07) is 5.30. The third kappa shape index (κ3) is 3.38. The molecule has 9 heteroatoms. The second-order valence-corrected chi connectivity index (χ2v) is 7.31. The van der Waals surface area contributed by atoms with Crippen LogP contribution in [0, 0.1) is 0 Å². The molecule has 3 N–H and O–H groups in total. The van der Waals surface area contributed by atoms with E-state index in [-0.39, 0.29) is 24.0 Å². The molecule has 0 saturated carbocycles. The quantitative estimate of drug-likeness (QED) is 0.677. The van der Waals surface area contributed by atoms with E-state index >= 15 is 0 Å². The van der Waals surface area contributed by atoms with Crippen molar-refractivity contribution in [2.45, 2.75) is 36.2 Å². The first kappa shape index (κ1) is 16.3. The highest BCUT2D eigenvalue weighted by Gasteiger charge is 2.48. The Bertz CT molecular complexity index is 690. The van der Waals surface area contributed by atoms with Crippen LogP contribution in [-0.2, 0) is 24.3 Å². The molecule has 1 aromatic rings. The number of amides is 1. The first-order valence-electron chi connectivity index (χ1n) is 7.18. The second-order valence-electron chi connectivity index (χ2n) is 5.60. The van der Waals surface area contributed by atoms with Crippen LogP contribution in [0.1, 0.15) is 6.92 Å². The van der Waals surface area contributed by atoms with Crippen molar-refractivity contribution in [2.24, 2.45) is 0 Å². The SMILES string of the molecule is CC(=O)Nc1ccc(S(=O)(=O)N[C@@H]2CO[C@@H]3[C@@H]2OC[C@H]3O)cc1. The van der Waals surface area contributed by atoms with Crippen LogP contribution in [0.15, 0.2) is 29.2 Å². The summed E-state index contributed by atoms with van der Waals surface area (Å²) >= 11 is 0. The van der Waals surface area contributed by atoms with Gasteiger partial charge in [0.15, 0.2) is 0 Å². The van der Waals surface area contributed by atoms with Crippen molar-refractivity contribution in [3.05, 3.63) is 24.3 Å². The molecule has 4 atom stereocenters. The molecular weight excluding hydrogens is 324 g/mol. The number of carbonyl (C=O) groups is 1. The number of fused-ring (bicyclic) bond motifs is 1. The van der Waals surface area contributed by atoms with Crippen LogP contribution in [-0.4, -0.2) is 57.0 Å². The molecule has 0 bridgehead atoms. The summed E-state index contributed by atoms with van der Waals surface area (Å²) in [4.78, 5) is 11.0. The average molecular weight is 342 g/mol. The number of carbonyl (C=O) groups excluding carboxylic acids is 1. The van der Waals surface area contributed by atoms with Gasteiger partial charge in [-0.3, -0.25) is 4.79 Å². The Labute approximate surface area is 133 Å². The van der Waals surface area contributed by atoms with E-state index in [1.165, 1.54) is 31.2 Å². The lowest BCUT2D eigenvalue weighted by atomic mass is 10.1. The maximum Gasteiger partial charge on any atom is 0.240 e. The molecule has 2 aliphatic heterocycles. The lowest BCUT2D eigenvalue weighted by Gasteiger charge is -2.17. The first-order chi connectivity index (χ1) is 10.9. The zero-order valence-corrected chi connectivity index (χ0v) is 13.2. The molecule has 1 amide bonds. The first-order valence-corrected chi connectivity index (χ1v) is 8.66. The van der Waals surface area contributed by atoms with Crippen LogP contribution in [0.5, 0.6) is 0 Å². The van der Waals surface area contributed by atoms with E-state index in [0.29, 0.717) is 5.69 Å². The molecular formula is C14H18N2O6S. The lowest BCUT2D eigenvalue weighted by molar-refractivity contribution is -0.114. The molecule has 0 unspecified atom stereocenters. The molecule has 2 aliphatic rings. The van der Waals surface area contributed by atoms with Gasteiger partial charge in [0.1, 0.15) is 18.3 Å². The van der Waals surface area contributed by atoms with Crippen molar-refractivity contribution in [2.75, 3.05) is 18.5 Å². The third-order valence-electron chi connectivity index (χ3n) is 3.82. The molecule has 23 heavy (non-hydrogen) atoms. The summed E-state index contributed by atoms with van der Waals surface area (Å²) in [6.07, 6.45) is -1.71. The zero-order chi connectivity index (χ0) is 16.6. The van der Waals surface area contributed by atoms with E-state index in [9.17, 15) is 18.3 Å². The van der Waals surface area contributed by atoms with Gasteiger partial charge in [-0.1, -0.05) is 0 Å². The Hall–Kier alpha value is -1.52. The highest BCUT2D eigenvalue weighted by atomic mass is 32.2. The minimum absolute atomic E-state index is 0.0774. The molecule has 0 aliphatic carbocycles. The molecule has 2 heterocycles. The standard InChI is InChI=1S/C14H18N2O6S/c1-8(17)15-9-2-4-10(5-3-9)23(19,20)16-11-6-21-14-12(18)7-22-13(11)14/h2-5,11-14,16,18H,6-7H2,1H3,(H,15,17)/t11-,12-,13-,14+/m1/s1. The molecule has 2 fully saturated rings. The van der Waals surface area contributed by atoms with Crippen molar-refractivity contribution >= 4 is 21.6 Å². The molecule has 2 saturated heterocycles. The van der Waals surface area contributed by atoms with Crippen molar-refractivity contribution in [3.8, 4) is 0 Å². The van der Waals surface area contributed by atoms with Crippen LogP contribution < -0.4 is 10.0 Å².